The number of nitrogens with zero attached hydrogens (tertiary/aromatic N) is 3. The van der Waals surface area contributed by atoms with Gasteiger partial charge in [0.2, 0.25) is 10.0 Å². The van der Waals surface area contributed by atoms with E-state index in [1.165, 1.54) is 11.8 Å². The fourth-order valence-corrected chi connectivity index (χ4v) is 5.70. The van der Waals surface area contributed by atoms with Gasteiger partial charge in [-0.2, -0.15) is 4.31 Å². The molecule has 0 bridgehead atoms. The van der Waals surface area contributed by atoms with Gasteiger partial charge in [0.15, 0.2) is 0 Å². The lowest BCUT2D eigenvalue weighted by molar-refractivity contribution is 0.208. The average Bonchev–Trinajstić information content (AvgIpc) is 2.76. The molecule has 1 unspecified atom stereocenters. The first-order valence-electron chi connectivity index (χ1n) is 10.6. The topological polar surface area (TPSA) is 65.5 Å². The van der Waals surface area contributed by atoms with E-state index in [2.05, 4.69) is 39.5 Å². The molecule has 2 aromatic rings. The Kier molecular flexibility index (Phi) is 6.47. The summed E-state index contributed by atoms with van der Waals surface area (Å²) in [5.41, 5.74) is 1.33. The molecule has 1 atom stereocenters. The normalized spacial score (nSPS) is 21.7. The highest BCUT2D eigenvalue weighted by Gasteiger charge is 2.26. The predicted octanol–water partition coefficient (Wildman–Crippen LogP) is 3.33. The number of hydrogen-bond donors (Lipinski definition) is 1. The molecule has 2 aliphatic heterocycles. The molecule has 156 valence electrons. The molecule has 0 spiro atoms. The third-order valence-corrected chi connectivity index (χ3v) is 7.68. The number of hydrogen-bond acceptors (Lipinski definition) is 5. The van der Waals surface area contributed by atoms with Crippen molar-refractivity contribution in [2.75, 3.05) is 31.5 Å². The van der Waals surface area contributed by atoms with Crippen molar-refractivity contribution in [3.63, 3.8) is 0 Å². The molecule has 7 heteroatoms. The Hall–Kier alpha value is -1.96. The Labute approximate surface area is 174 Å². The number of benzene rings is 1. The summed E-state index contributed by atoms with van der Waals surface area (Å²) in [6.45, 7) is 4.25. The highest BCUT2D eigenvalue weighted by atomic mass is 32.2. The zero-order chi connectivity index (χ0) is 20.1. The molecule has 1 aromatic heterocycles. The van der Waals surface area contributed by atoms with E-state index in [-0.39, 0.29) is 0 Å². The minimum absolute atomic E-state index is 0.291. The lowest BCUT2D eigenvalue weighted by Crippen LogP contribution is -2.41. The van der Waals surface area contributed by atoms with E-state index in [0.717, 1.165) is 57.6 Å². The molecule has 29 heavy (non-hydrogen) atoms. The van der Waals surface area contributed by atoms with Gasteiger partial charge in [-0.1, -0.05) is 36.8 Å². The number of aromatic nitrogens is 1. The summed E-state index contributed by atoms with van der Waals surface area (Å²) in [6, 6.07) is 14.4. The fraction of sp³-hybridized carbons (Fsp3) is 0.500. The van der Waals surface area contributed by atoms with Crippen molar-refractivity contribution in [2.45, 2.75) is 49.6 Å². The van der Waals surface area contributed by atoms with Crippen LogP contribution in [0.15, 0.2) is 53.6 Å². The molecule has 2 fully saturated rings. The number of likely N-dealkylation sites (tertiary alicyclic amines) is 1. The van der Waals surface area contributed by atoms with Crippen molar-refractivity contribution >= 4 is 15.8 Å². The highest BCUT2D eigenvalue weighted by molar-refractivity contribution is 7.89. The summed E-state index contributed by atoms with van der Waals surface area (Å²) in [5.74, 6) is 0.745. The van der Waals surface area contributed by atoms with Crippen LogP contribution in [0, 0.1) is 0 Å². The third kappa shape index (κ3) is 5.15. The minimum atomic E-state index is -3.42. The number of pyridine rings is 1. The summed E-state index contributed by atoms with van der Waals surface area (Å²) in [4.78, 5) is 7.16. The van der Waals surface area contributed by atoms with Crippen LogP contribution in [0.1, 0.15) is 37.7 Å². The zero-order valence-electron chi connectivity index (χ0n) is 16.8. The second-order valence-electron chi connectivity index (χ2n) is 8.05. The van der Waals surface area contributed by atoms with Gasteiger partial charge in [-0.15, -0.1) is 0 Å². The molecule has 2 aliphatic rings. The maximum atomic E-state index is 12.8. The van der Waals surface area contributed by atoms with E-state index < -0.39 is 10.0 Å². The molecule has 0 saturated carbocycles. The number of sulfonamides is 1. The Bertz CT molecular complexity index is 881. The molecule has 3 heterocycles. The number of piperidine rings is 2. The van der Waals surface area contributed by atoms with Gasteiger partial charge < -0.3 is 5.32 Å². The lowest BCUT2D eigenvalue weighted by atomic mass is 10.0. The summed E-state index contributed by atoms with van der Waals surface area (Å²) in [7, 11) is -3.42. The van der Waals surface area contributed by atoms with E-state index >= 15 is 0 Å². The second kappa shape index (κ2) is 9.24. The van der Waals surface area contributed by atoms with Crippen LogP contribution in [0.5, 0.6) is 0 Å². The molecule has 1 aromatic carbocycles. The van der Waals surface area contributed by atoms with Gasteiger partial charge in [-0.3, -0.25) is 4.90 Å². The van der Waals surface area contributed by atoms with Crippen molar-refractivity contribution < 1.29 is 8.42 Å². The van der Waals surface area contributed by atoms with Crippen molar-refractivity contribution in [3.8, 4) is 0 Å². The van der Waals surface area contributed by atoms with Crippen LogP contribution >= 0.6 is 0 Å². The molecule has 2 saturated heterocycles. The smallest absolute Gasteiger partial charge is 0.244 e. The third-order valence-electron chi connectivity index (χ3n) is 5.80. The van der Waals surface area contributed by atoms with Crippen LogP contribution in [-0.4, -0.2) is 54.8 Å². The van der Waals surface area contributed by atoms with E-state index in [1.54, 1.807) is 16.4 Å². The predicted molar refractivity (Wildman–Crippen MR) is 115 cm³/mol. The van der Waals surface area contributed by atoms with E-state index in [0.29, 0.717) is 24.0 Å². The maximum Gasteiger partial charge on any atom is 0.244 e. The maximum absolute atomic E-state index is 12.8. The Morgan fingerprint density at radius 3 is 2.48 bits per heavy atom. The molecule has 1 N–H and O–H groups in total. The van der Waals surface area contributed by atoms with Crippen LogP contribution in [0.2, 0.25) is 0 Å². The van der Waals surface area contributed by atoms with Crippen molar-refractivity contribution in [1.29, 1.82) is 0 Å². The molecular formula is C22H30N4O2S. The van der Waals surface area contributed by atoms with Gasteiger partial charge in [0.05, 0.1) is 0 Å². The van der Waals surface area contributed by atoms with E-state index in [4.69, 9.17) is 0 Å². The van der Waals surface area contributed by atoms with Crippen molar-refractivity contribution in [1.82, 2.24) is 14.2 Å². The molecule has 0 radical (unpaired) electrons. The van der Waals surface area contributed by atoms with Gasteiger partial charge in [0.1, 0.15) is 10.7 Å². The Morgan fingerprint density at radius 1 is 0.966 bits per heavy atom. The summed E-state index contributed by atoms with van der Waals surface area (Å²) < 4.78 is 27.1. The lowest BCUT2D eigenvalue weighted by Gasteiger charge is -2.33. The Balaban J connectivity index is 1.35. The van der Waals surface area contributed by atoms with E-state index in [9.17, 15) is 8.42 Å². The summed E-state index contributed by atoms with van der Waals surface area (Å²) in [6.07, 6.45) is 6.72. The van der Waals surface area contributed by atoms with Crippen LogP contribution in [0.3, 0.4) is 0 Å². The molecule has 6 nitrogen and oxygen atoms in total. The number of anilines is 1. The highest BCUT2D eigenvalue weighted by Crippen LogP contribution is 2.22. The molecule has 0 amide bonds. The average molecular weight is 415 g/mol. The fourth-order valence-electron chi connectivity index (χ4n) is 4.24. The first-order chi connectivity index (χ1) is 14.1. The van der Waals surface area contributed by atoms with Crippen LogP contribution in [0.4, 0.5) is 5.82 Å². The molecule has 0 aliphatic carbocycles. The van der Waals surface area contributed by atoms with Crippen molar-refractivity contribution in [2.24, 2.45) is 0 Å². The summed E-state index contributed by atoms with van der Waals surface area (Å²) in [5, 5.41) is 3.49. The minimum Gasteiger partial charge on any atom is -0.366 e. The van der Waals surface area contributed by atoms with Crippen LogP contribution in [-0.2, 0) is 16.6 Å². The first-order valence-corrected chi connectivity index (χ1v) is 12.0. The van der Waals surface area contributed by atoms with Gasteiger partial charge >= 0.3 is 0 Å². The van der Waals surface area contributed by atoms with Gasteiger partial charge in [0, 0.05) is 38.4 Å². The summed E-state index contributed by atoms with van der Waals surface area (Å²) >= 11 is 0. The van der Waals surface area contributed by atoms with Crippen LogP contribution < -0.4 is 5.32 Å². The molecule has 4 rings (SSSR count). The quantitative estimate of drug-likeness (QED) is 0.785. The first kappa shape index (κ1) is 20.3. The molecular weight excluding hydrogens is 384 g/mol. The Morgan fingerprint density at radius 2 is 1.76 bits per heavy atom. The SMILES string of the molecule is O=S(=O)(c1ccc(NC2CCCN(Cc3ccccc3)C2)nc1)N1CCCCC1. The van der Waals surface area contributed by atoms with Crippen molar-refractivity contribution in [3.05, 3.63) is 54.2 Å². The standard InChI is InChI=1S/C22H30N4O2S/c27-29(28,26-14-5-2-6-15-26)21-11-12-22(23-16-21)24-20-10-7-13-25(18-20)17-19-8-3-1-4-9-19/h1,3-4,8-9,11-12,16,20H,2,5-7,10,13-15,17-18H2,(H,23,24). The van der Waals surface area contributed by atoms with E-state index in [1.807, 2.05) is 6.07 Å². The largest absolute Gasteiger partial charge is 0.366 e. The van der Waals surface area contributed by atoms with Gasteiger partial charge in [-0.05, 0) is 49.9 Å². The zero-order valence-corrected chi connectivity index (χ0v) is 17.7. The van der Waals surface area contributed by atoms with Gasteiger partial charge in [-0.25, -0.2) is 13.4 Å². The van der Waals surface area contributed by atoms with Gasteiger partial charge in [0.25, 0.3) is 0 Å². The number of rotatable bonds is 6. The van der Waals surface area contributed by atoms with Crippen LogP contribution in [0.25, 0.3) is 0 Å². The monoisotopic (exact) mass is 414 g/mol. The number of nitrogens with one attached hydrogen (secondary N) is 1. The second-order valence-corrected chi connectivity index (χ2v) is 9.99.